The van der Waals surface area contributed by atoms with Gasteiger partial charge in [0, 0.05) is 0 Å². The van der Waals surface area contributed by atoms with Crippen molar-refractivity contribution >= 4 is 30.3 Å². The molecule has 1 aromatic rings. The van der Waals surface area contributed by atoms with Crippen LogP contribution in [0.2, 0.25) is 0 Å². The number of rotatable bonds is 9. The van der Waals surface area contributed by atoms with Gasteiger partial charge in [0.2, 0.25) is 5.91 Å². The zero-order chi connectivity index (χ0) is 18.8. The Balaban J connectivity index is 0.00000625. The van der Waals surface area contributed by atoms with Gasteiger partial charge in [-0.25, -0.2) is 4.79 Å². The van der Waals surface area contributed by atoms with E-state index in [1.807, 2.05) is 32.0 Å². The quantitative estimate of drug-likeness (QED) is 0.624. The maximum absolute atomic E-state index is 12.3. The van der Waals surface area contributed by atoms with Crippen LogP contribution >= 0.6 is 12.4 Å². The van der Waals surface area contributed by atoms with E-state index in [1.165, 1.54) is 7.11 Å². The van der Waals surface area contributed by atoms with Gasteiger partial charge >= 0.3 is 11.9 Å². The molecule has 3 N–H and O–H groups in total. The Kier molecular flexibility index (Phi) is 11.3. The van der Waals surface area contributed by atoms with E-state index >= 15 is 0 Å². The first-order chi connectivity index (χ1) is 11.8. The molecule has 26 heavy (non-hydrogen) atoms. The summed E-state index contributed by atoms with van der Waals surface area (Å²) in [4.78, 5) is 35.9. The lowest BCUT2D eigenvalue weighted by Gasteiger charge is -2.20. The van der Waals surface area contributed by atoms with Crippen molar-refractivity contribution in [2.24, 2.45) is 11.7 Å². The molecule has 0 saturated carbocycles. The number of ether oxygens (including phenoxy) is 2. The van der Waals surface area contributed by atoms with Gasteiger partial charge in [-0.05, 0) is 17.9 Å². The highest BCUT2D eigenvalue weighted by atomic mass is 35.5. The molecule has 0 aliphatic rings. The Morgan fingerprint density at radius 1 is 1.15 bits per heavy atom. The Morgan fingerprint density at radius 2 is 1.77 bits per heavy atom. The second kappa shape index (κ2) is 12.3. The second-order valence-electron chi connectivity index (χ2n) is 6.17. The number of esters is 2. The van der Waals surface area contributed by atoms with Crippen molar-refractivity contribution in [3.05, 3.63) is 35.9 Å². The molecule has 8 heteroatoms. The van der Waals surface area contributed by atoms with Gasteiger partial charge in [0.05, 0.1) is 19.6 Å². The second-order valence-corrected chi connectivity index (χ2v) is 6.17. The highest BCUT2D eigenvalue weighted by Crippen LogP contribution is 2.07. The molecule has 0 radical (unpaired) electrons. The number of hydrogen-bond donors (Lipinski definition) is 2. The van der Waals surface area contributed by atoms with Crippen molar-refractivity contribution in [3.63, 3.8) is 0 Å². The molecule has 0 aromatic heterocycles. The number of amides is 1. The summed E-state index contributed by atoms with van der Waals surface area (Å²) in [5.41, 5.74) is 6.62. The molecule has 0 aliphatic heterocycles. The van der Waals surface area contributed by atoms with Gasteiger partial charge in [0.1, 0.15) is 12.6 Å². The molecule has 2 atom stereocenters. The van der Waals surface area contributed by atoms with Crippen LogP contribution in [0, 0.1) is 5.92 Å². The van der Waals surface area contributed by atoms with Gasteiger partial charge in [-0.15, -0.1) is 12.4 Å². The third kappa shape index (κ3) is 8.82. The zero-order valence-corrected chi connectivity index (χ0v) is 16.1. The third-order valence-corrected chi connectivity index (χ3v) is 3.49. The molecule has 0 unspecified atom stereocenters. The summed E-state index contributed by atoms with van der Waals surface area (Å²) >= 11 is 0. The van der Waals surface area contributed by atoms with Crippen LogP contribution < -0.4 is 11.1 Å². The molecule has 0 spiro atoms. The van der Waals surface area contributed by atoms with Crippen LogP contribution in [0.4, 0.5) is 0 Å². The first-order valence-electron chi connectivity index (χ1n) is 8.16. The van der Waals surface area contributed by atoms with E-state index in [0.717, 1.165) is 5.56 Å². The molecular formula is C18H27ClN2O5. The van der Waals surface area contributed by atoms with Gasteiger partial charge in [0.15, 0.2) is 0 Å². The molecule has 0 saturated heterocycles. The molecule has 1 aromatic carbocycles. The van der Waals surface area contributed by atoms with Crippen LogP contribution in [0.3, 0.4) is 0 Å². The van der Waals surface area contributed by atoms with Crippen LogP contribution in [-0.4, -0.2) is 37.0 Å². The first-order valence-corrected chi connectivity index (χ1v) is 8.16. The lowest BCUT2D eigenvalue weighted by atomic mass is 10.0. The monoisotopic (exact) mass is 386 g/mol. The Bertz CT molecular complexity index is 580. The standard InChI is InChI=1S/C18H26N2O5.ClH/c1-12(2)9-14(19)17(22)20-15(10-16(21)24-3)18(23)25-11-13-7-5-4-6-8-13;/h4-8,12,14-15H,9-11,19H2,1-3H3,(H,20,22);1H/t14-,15-;/m0./s1. The molecule has 7 nitrogen and oxygen atoms in total. The average molecular weight is 387 g/mol. The lowest BCUT2D eigenvalue weighted by molar-refractivity contribution is -0.153. The topological polar surface area (TPSA) is 108 Å². The van der Waals surface area contributed by atoms with Crippen molar-refractivity contribution in [2.45, 2.75) is 45.4 Å². The summed E-state index contributed by atoms with van der Waals surface area (Å²) in [6.07, 6.45) is 0.153. The maximum Gasteiger partial charge on any atom is 0.329 e. The Hall–Kier alpha value is -2.12. The van der Waals surface area contributed by atoms with E-state index in [2.05, 4.69) is 10.1 Å². The molecule has 0 heterocycles. The Morgan fingerprint density at radius 3 is 2.31 bits per heavy atom. The number of carbonyl (C=O) groups is 3. The summed E-state index contributed by atoms with van der Waals surface area (Å²) in [6.45, 7) is 3.92. The molecule has 1 amide bonds. The van der Waals surface area contributed by atoms with Crippen LogP contribution in [-0.2, 0) is 30.5 Å². The number of nitrogens with two attached hydrogens (primary N) is 1. The van der Waals surface area contributed by atoms with E-state index in [-0.39, 0.29) is 31.4 Å². The number of benzene rings is 1. The van der Waals surface area contributed by atoms with E-state index in [4.69, 9.17) is 10.5 Å². The fourth-order valence-electron chi connectivity index (χ4n) is 2.17. The minimum atomic E-state index is -1.14. The Labute approximate surface area is 160 Å². The van der Waals surface area contributed by atoms with Gasteiger partial charge in [-0.2, -0.15) is 0 Å². The first kappa shape index (κ1) is 23.9. The van der Waals surface area contributed by atoms with E-state index in [1.54, 1.807) is 12.1 Å². The smallest absolute Gasteiger partial charge is 0.329 e. The molecule has 0 aliphatic carbocycles. The molecule has 0 fully saturated rings. The van der Waals surface area contributed by atoms with Crippen molar-refractivity contribution in [1.82, 2.24) is 5.32 Å². The number of hydrogen-bond acceptors (Lipinski definition) is 6. The van der Waals surface area contributed by atoms with Gasteiger partial charge in [-0.3, -0.25) is 9.59 Å². The summed E-state index contributed by atoms with van der Waals surface area (Å²) < 4.78 is 9.77. The van der Waals surface area contributed by atoms with Crippen LogP contribution in [0.25, 0.3) is 0 Å². The number of nitrogens with one attached hydrogen (secondary N) is 1. The summed E-state index contributed by atoms with van der Waals surface area (Å²) in [5.74, 6) is -1.61. The fraction of sp³-hybridized carbons (Fsp3) is 0.500. The minimum Gasteiger partial charge on any atom is -0.469 e. The van der Waals surface area contributed by atoms with Gasteiger partial charge in [0.25, 0.3) is 0 Å². The highest BCUT2D eigenvalue weighted by molar-refractivity contribution is 5.90. The summed E-state index contributed by atoms with van der Waals surface area (Å²) in [7, 11) is 1.21. The molecule has 1 rings (SSSR count). The van der Waals surface area contributed by atoms with Gasteiger partial charge < -0.3 is 20.5 Å². The van der Waals surface area contributed by atoms with Crippen molar-refractivity contribution in [3.8, 4) is 0 Å². The third-order valence-electron chi connectivity index (χ3n) is 3.49. The summed E-state index contributed by atoms with van der Waals surface area (Å²) in [6, 6.07) is 7.20. The van der Waals surface area contributed by atoms with E-state index in [0.29, 0.717) is 6.42 Å². The van der Waals surface area contributed by atoms with Crippen LogP contribution in [0.5, 0.6) is 0 Å². The number of methoxy groups -OCH3 is 1. The maximum atomic E-state index is 12.3. The van der Waals surface area contributed by atoms with Crippen molar-refractivity contribution < 1.29 is 23.9 Å². The average Bonchev–Trinajstić information content (AvgIpc) is 2.59. The largest absolute Gasteiger partial charge is 0.469 e. The van der Waals surface area contributed by atoms with Crippen LogP contribution in [0.1, 0.15) is 32.3 Å². The highest BCUT2D eigenvalue weighted by Gasteiger charge is 2.28. The molecule has 146 valence electrons. The SMILES string of the molecule is COC(=O)C[C@H](NC(=O)[C@@H](N)CC(C)C)C(=O)OCc1ccccc1.Cl. The van der Waals surface area contributed by atoms with Gasteiger partial charge in [-0.1, -0.05) is 44.2 Å². The van der Waals surface area contributed by atoms with Crippen molar-refractivity contribution in [2.75, 3.05) is 7.11 Å². The summed E-state index contributed by atoms with van der Waals surface area (Å²) in [5, 5.41) is 2.48. The zero-order valence-electron chi connectivity index (χ0n) is 15.3. The molecular weight excluding hydrogens is 360 g/mol. The lowest BCUT2D eigenvalue weighted by Crippen LogP contribution is -2.50. The van der Waals surface area contributed by atoms with E-state index < -0.39 is 29.9 Å². The molecule has 0 bridgehead atoms. The fourth-order valence-corrected chi connectivity index (χ4v) is 2.17. The number of carbonyl (C=O) groups excluding carboxylic acids is 3. The normalized spacial score (nSPS) is 12.5. The van der Waals surface area contributed by atoms with E-state index in [9.17, 15) is 14.4 Å². The number of halogens is 1. The minimum absolute atomic E-state index is 0. The predicted octanol–water partition coefficient (Wildman–Crippen LogP) is 1.57. The predicted molar refractivity (Wildman–Crippen MR) is 99.5 cm³/mol. The van der Waals surface area contributed by atoms with Crippen molar-refractivity contribution in [1.29, 1.82) is 0 Å². The van der Waals surface area contributed by atoms with Crippen LogP contribution in [0.15, 0.2) is 30.3 Å².